The van der Waals surface area contributed by atoms with Gasteiger partial charge in [-0.15, -0.1) is 0 Å². The molecule has 2 atom stereocenters. The molecule has 1 aliphatic heterocycles. The minimum atomic E-state index is -0.711. The molecular formula is C30H40N6O6. The summed E-state index contributed by atoms with van der Waals surface area (Å²) in [5.74, 6) is 0.556. The molecule has 3 aromatic rings. The van der Waals surface area contributed by atoms with Crippen molar-refractivity contribution in [3.8, 4) is 5.75 Å². The number of para-hydroxylation sites is 1. The lowest BCUT2D eigenvalue weighted by molar-refractivity contribution is -0.142. The molecule has 0 bridgehead atoms. The van der Waals surface area contributed by atoms with E-state index in [4.69, 9.17) is 19.9 Å². The fraction of sp³-hybridized carbons (Fsp3) is 0.467. The number of aryl methyl sites for hydroxylation is 1. The lowest BCUT2D eigenvalue weighted by Gasteiger charge is -2.43. The van der Waals surface area contributed by atoms with Crippen molar-refractivity contribution in [2.75, 3.05) is 44.3 Å². The summed E-state index contributed by atoms with van der Waals surface area (Å²) in [7, 11) is 1.77. The number of carbonyl (C=O) groups is 3. The van der Waals surface area contributed by atoms with Crippen LogP contribution in [0.15, 0.2) is 48.5 Å². The highest BCUT2D eigenvalue weighted by atomic mass is 16.6. The average Bonchev–Trinajstić information content (AvgIpc) is 3.30. The van der Waals surface area contributed by atoms with E-state index in [-0.39, 0.29) is 44.4 Å². The number of rotatable bonds is 11. The van der Waals surface area contributed by atoms with E-state index < -0.39 is 12.0 Å². The standard InChI is InChI=1S/C30H40N6O6/c1-5-40-26(37)14-15-36(29(31)38)28-24-12-9-13-25(27(24)33(4)32-28)41-17-16-35-21(2)18-34(19-22(35)3)30(39)42-20-23-10-7-6-8-11-23/h6-13,21-22H,5,14-20H2,1-4H3,(H2,31,38)/t21-,22+. The second kappa shape index (κ2) is 14.0. The van der Waals surface area contributed by atoms with E-state index in [1.807, 2.05) is 48.5 Å². The number of hydrogen-bond donors (Lipinski definition) is 1. The third-order valence-electron chi connectivity index (χ3n) is 7.35. The number of piperazine rings is 1. The zero-order chi connectivity index (χ0) is 30.2. The molecule has 0 spiro atoms. The molecule has 12 heteroatoms. The third-order valence-corrected chi connectivity index (χ3v) is 7.35. The van der Waals surface area contributed by atoms with Gasteiger partial charge in [0.05, 0.1) is 13.0 Å². The first kappa shape index (κ1) is 30.6. The maximum absolute atomic E-state index is 12.7. The molecule has 1 aliphatic rings. The minimum Gasteiger partial charge on any atom is -0.490 e. The van der Waals surface area contributed by atoms with Gasteiger partial charge in [0.2, 0.25) is 0 Å². The summed E-state index contributed by atoms with van der Waals surface area (Å²) in [6, 6.07) is 14.7. The highest BCUT2D eigenvalue weighted by Gasteiger charge is 2.32. The van der Waals surface area contributed by atoms with Gasteiger partial charge >= 0.3 is 18.1 Å². The molecule has 4 rings (SSSR count). The Morgan fingerprint density at radius 2 is 1.74 bits per heavy atom. The molecule has 0 aliphatic carbocycles. The summed E-state index contributed by atoms with van der Waals surface area (Å²) in [5, 5.41) is 5.21. The molecule has 2 N–H and O–H groups in total. The monoisotopic (exact) mass is 580 g/mol. The average molecular weight is 581 g/mol. The van der Waals surface area contributed by atoms with Crippen molar-refractivity contribution in [2.24, 2.45) is 12.8 Å². The number of urea groups is 1. The molecule has 12 nitrogen and oxygen atoms in total. The zero-order valence-electron chi connectivity index (χ0n) is 24.7. The van der Waals surface area contributed by atoms with Gasteiger partial charge < -0.3 is 24.8 Å². The fourth-order valence-corrected chi connectivity index (χ4v) is 5.37. The highest BCUT2D eigenvalue weighted by molar-refractivity contribution is 6.02. The lowest BCUT2D eigenvalue weighted by Crippen LogP contribution is -2.58. The van der Waals surface area contributed by atoms with Gasteiger partial charge in [-0.2, -0.15) is 5.10 Å². The largest absolute Gasteiger partial charge is 0.490 e. The number of carbonyl (C=O) groups excluding carboxylic acids is 3. The number of esters is 1. The second-order valence-electron chi connectivity index (χ2n) is 10.4. The van der Waals surface area contributed by atoms with Crippen molar-refractivity contribution >= 4 is 34.8 Å². The van der Waals surface area contributed by atoms with Gasteiger partial charge in [-0.3, -0.25) is 19.3 Å². The van der Waals surface area contributed by atoms with Gasteiger partial charge in [0.25, 0.3) is 0 Å². The fourth-order valence-electron chi connectivity index (χ4n) is 5.37. The van der Waals surface area contributed by atoms with Crippen LogP contribution in [0.5, 0.6) is 5.75 Å². The highest BCUT2D eigenvalue weighted by Crippen LogP contribution is 2.32. The summed E-state index contributed by atoms with van der Waals surface area (Å²) in [6.07, 6.45) is -0.307. The number of nitrogens with two attached hydrogens (primary N) is 1. The van der Waals surface area contributed by atoms with Crippen LogP contribution in [-0.2, 0) is 27.9 Å². The molecule has 1 saturated heterocycles. The Hall–Kier alpha value is -4.32. The molecule has 42 heavy (non-hydrogen) atoms. The first-order chi connectivity index (χ1) is 20.2. The Morgan fingerprint density at radius 3 is 2.40 bits per heavy atom. The summed E-state index contributed by atoms with van der Waals surface area (Å²) in [4.78, 5) is 42.2. The number of aromatic nitrogens is 2. The van der Waals surface area contributed by atoms with Crippen LogP contribution in [-0.4, -0.2) is 89.2 Å². The van der Waals surface area contributed by atoms with Crippen molar-refractivity contribution in [3.05, 3.63) is 54.1 Å². The number of hydrogen-bond acceptors (Lipinski definition) is 8. The summed E-state index contributed by atoms with van der Waals surface area (Å²) >= 11 is 0. The third kappa shape index (κ3) is 7.30. The van der Waals surface area contributed by atoms with Crippen LogP contribution in [0.4, 0.5) is 15.4 Å². The van der Waals surface area contributed by atoms with E-state index in [1.165, 1.54) is 4.90 Å². The number of amides is 3. The van der Waals surface area contributed by atoms with Crippen LogP contribution in [0.3, 0.4) is 0 Å². The molecule has 2 heterocycles. The van der Waals surface area contributed by atoms with Crippen LogP contribution in [0.2, 0.25) is 0 Å². The lowest BCUT2D eigenvalue weighted by atomic mass is 10.1. The number of ether oxygens (including phenoxy) is 3. The number of fused-ring (bicyclic) bond motifs is 1. The van der Waals surface area contributed by atoms with E-state index in [0.717, 1.165) is 5.56 Å². The number of nitrogens with zero attached hydrogens (tertiary/aromatic N) is 5. The van der Waals surface area contributed by atoms with E-state index >= 15 is 0 Å². The SMILES string of the molecule is CCOC(=O)CCN(C(N)=O)c1nn(C)c2c(OCCN3[C@H](C)CN(C(=O)OCc4ccccc4)C[C@@H]3C)cccc12. The molecule has 0 saturated carbocycles. The normalized spacial score (nSPS) is 17.2. The van der Waals surface area contributed by atoms with Gasteiger partial charge in [-0.25, -0.2) is 9.59 Å². The molecule has 1 fully saturated rings. The predicted molar refractivity (Wildman–Crippen MR) is 158 cm³/mol. The van der Waals surface area contributed by atoms with Crippen molar-refractivity contribution in [1.82, 2.24) is 19.6 Å². The van der Waals surface area contributed by atoms with E-state index in [1.54, 1.807) is 23.6 Å². The quantitative estimate of drug-likeness (QED) is 0.341. The summed E-state index contributed by atoms with van der Waals surface area (Å²) in [6.45, 7) is 8.67. The molecule has 0 radical (unpaired) electrons. The molecule has 0 unspecified atom stereocenters. The molecular weight excluding hydrogens is 540 g/mol. The van der Waals surface area contributed by atoms with Crippen LogP contribution in [0.1, 0.15) is 32.8 Å². The van der Waals surface area contributed by atoms with Crippen LogP contribution >= 0.6 is 0 Å². The van der Waals surface area contributed by atoms with Crippen molar-refractivity contribution < 1.29 is 28.6 Å². The van der Waals surface area contributed by atoms with Crippen molar-refractivity contribution in [1.29, 1.82) is 0 Å². The Kier molecular flexibility index (Phi) is 10.2. The Morgan fingerprint density at radius 1 is 1.02 bits per heavy atom. The van der Waals surface area contributed by atoms with Gasteiger partial charge in [0.1, 0.15) is 24.5 Å². The minimum absolute atomic E-state index is 0.000576. The first-order valence-electron chi connectivity index (χ1n) is 14.2. The summed E-state index contributed by atoms with van der Waals surface area (Å²) in [5.41, 5.74) is 7.31. The Balaban J connectivity index is 1.36. The first-order valence-corrected chi connectivity index (χ1v) is 14.2. The Labute approximate surface area is 245 Å². The second-order valence-corrected chi connectivity index (χ2v) is 10.4. The van der Waals surface area contributed by atoms with E-state index in [9.17, 15) is 14.4 Å². The molecule has 226 valence electrons. The zero-order valence-corrected chi connectivity index (χ0v) is 24.7. The molecule has 1 aromatic heterocycles. The Bertz CT molecular complexity index is 1370. The molecule has 3 amide bonds. The van der Waals surface area contributed by atoms with Crippen molar-refractivity contribution in [2.45, 2.75) is 45.9 Å². The smallest absolute Gasteiger partial charge is 0.410 e. The van der Waals surface area contributed by atoms with Gasteiger partial charge in [0.15, 0.2) is 5.82 Å². The van der Waals surface area contributed by atoms with Crippen LogP contribution < -0.4 is 15.4 Å². The summed E-state index contributed by atoms with van der Waals surface area (Å²) < 4.78 is 18.4. The van der Waals surface area contributed by atoms with Gasteiger partial charge in [0, 0.05) is 50.7 Å². The predicted octanol–water partition coefficient (Wildman–Crippen LogP) is 3.52. The number of benzene rings is 2. The topological polar surface area (TPSA) is 132 Å². The van der Waals surface area contributed by atoms with Crippen molar-refractivity contribution in [3.63, 3.8) is 0 Å². The maximum atomic E-state index is 12.7. The molecule has 2 aromatic carbocycles. The number of anilines is 1. The van der Waals surface area contributed by atoms with E-state index in [2.05, 4.69) is 23.8 Å². The van der Waals surface area contributed by atoms with E-state index in [0.29, 0.717) is 48.7 Å². The number of primary amides is 1. The van der Waals surface area contributed by atoms with Gasteiger partial charge in [-0.05, 0) is 38.5 Å². The van der Waals surface area contributed by atoms with Crippen LogP contribution in [0, 0.1) is 0 Å². The van der Waals surface area contributed by atoms with Crippen LogP contribution in [0.25, 0.3) is 10.9 Å². The van der Waals surface area contributed by atoms with Gasteiger partial charge in [-0.1, -0.05) is 36.4 Å². The maximum Gasteiger partial charge on any atom is 0.410 e.